The van der Waals surface area contributed by atoms with Crippen molar-refractivity contribution in [2.24, 2.45) is 5.92 Å². The van der Waals surface area contributed by atoms with Gasteiger partial charge in [-0.25, -0.2) is 0 Å². The van der Waals surface area contributed by atoms with Crippen molar-refractivity contribution in [3.8, 4) is 28.7 Å². The lowest BCUT2D eigenvalue weighted by Gasteiger charge is -2.25. The SMILES string of the molecule is C=C(C(=O)c1ccc2c(c1)OCO2)[C@@H](COC(C)=O)[C@@H](O)c1cc(OC)c(OC)c(OC)c1. The van der Waals surface area contributed by atoms with Crippen molar-refractivity contribution < 1.29 is 43.1 Å². The van der Waals surface area contributed by atoms with Crippen molar-refractivity contribution in [2.75, 3.05) is 34.7 Å². The highest BCUT2D eigenvalue weighted by atomic mass is 16.7. The van der Waals surface area contributed by atoms with Crippen LogP contribution in [-0.2, 0) is 9.53 Å². The Morgan fingerprint density at radius 1 is 1.03 bits per heavy atom. The molecule has 0 aliphatic carbocycles. The Bertz CT molecular complexity index is 1030. The second-order valence-electron chi connectivity index (χ2n) is 7.23. The summed E-state index contributed by atoms with van der Waals surface area (Å²) in [6.45, 7) is 4.96. The number of benzene rings is 2. The number of fused-ring (bicyclic) bond motifs is 1. The number of rotatable bonds is 10. The number of methoxy groups -OCH3 is 3. The van der Waals surface area contributed by atoms with Crippen molar-refractivity contribution in [1.29, 1.82) is 0 Å². The minimum Gasteiger partial charge on any atom is -0.493 e. The molecule has 0 unspecified atom stereocenters. The van der Waals surface area contributed by atoms with Gasteiger partial charge in [-0.15, -0.1) is 0 Å². The van der Waals surface area contributed by atoms with Gasteiger partial charge in [0.15, 0.2) is 28.8 Å². The molecule has 0 radical (unpaired) electrons. The van der Waals surface area contributed by atoms with Crippen molar-refractivity contribution in [3.05, 3.63) is 53.6 Å². The fourth-order valence-corrected chi connectivity index (χ4v) is 3.49. The summed E-state index contributed by atoms with van der Waals surface area (Å²) >= 11 is 0. The molecule has 0 aromatic heterocycles. The third-order valence-corrected chi connectivity index (χ3v) is 5.25. The Hall–Kier alpha value is -3.72. The van der Waals surface area contributed by atoms with Gasteiger partial charge in [0, 0.05) is 18.1 Å². The Labute approximate surface area is 191 Å². The molecule has 1 N–H and O–H groups in total. The van der Waals surface area contributed by atoms with Gasteiger partial charge in [0.1, 0.15) is 6.61 Å². The van der Waals surface area contributed by atoms with Crippen LogP contribution in [0, 0.1) is 5.92 Å². The summed E-state index contributed by atoms with van der Waals surface area (Å²) in [4.78, 5) is 24.7. The van der Waals surface area contributed by atoms with Crippen LogP contribution < -0.4 is 23.7 Å². The van der Waals surface area contributed by atoms with Crippen LogP contribution in [0.1, 0.15) is 28.9 Å². The van der Waals surface area contributed by atoms with Crippen LogP contribution in [-0.4, -0.2) is 51.6 Å². The first-order chi connectivity index (χ1) is 15.8. The zero-order chi connectivity index (χ0) is 24.1. The number of ether oxygens (including phenoxy) is 6. The summed E-state index contributed by atoms with van der Waals surface area (Å²) in [5, 5.41) is 11.2. The highest BCUT2D eigenvalue weighted by molar-refractivity contribution is 6.09. The van der Waals surface area contributed by atoms with Crippen molar-refractivity contribution in [1.82, 2.24) is 0 Å². The lowest BCUT2D eigenvalue weighted by Crippen LogP contribution is -2.25. The molecule has 0 spiro atoms. The number of ketones is 1. The largest absolute Gasteiger partial charge is 0.493 e. The molecular formula is C24H26O9. The summed E-state index contributed by atoms with van der Waals surface area (Å²) < 4.78 is 31.8. The quantitative estimate of drug-likeness (QED) is 0.326. The highest BCUT2D eigenvalue weighted by Crippen LogP contribution is 2.42. The molecule has 0 saturated heterocycles. The zero-order valence-electron chi connectivity index (χ0n) is 18.9. The van der Waals surface area contributed by atoms with E-state index in [4.69, 9.17) is 28.4 Å². The van der Waals surface area contributed by atoms with E-state index in [0.717, 1.165) is 0 Å². The van der Waals surface area contributed by atoms with E-state index in [1.54, 1.807) is 30.3 Å². The maximum atomic E-state index is 13.2. The fraction of sp³-hybridized carbons (Fsp3) is 0.333. The number of aliphatic hydroxyl groups excluding tert-OH is 1. The van der Waals surface area contributed by atoms with Gasteiger partial charge in [0.2, 0.25) is 12.5 Å². The number of aliphatic hydroxyl groups is 1. The maximum Gasteiger partial charge on any atom is 0.302 e. The molecule has 2 aromatic carbocycles. The van der Waals surface area contributed by atoms with Gasteiger partial charge in [-0.2, -0.15) is 0 Å². The standard InChI is InChI=1S/C24H26O9/c1-13(22(26)15-6-7-18-19(8-15)33-12-32-18)17(11-31-14(2)25)23(27)16-9-20(28-3)24(30-5)21(10-16)29-4/h6-10,17,23,27H,1,11-12H2,2-5H3/t17-,23+/m1/s1. The average molecular weight is 458 g/mol. The van der Waals surface area contributed by atoms with Crippen LogP contribution in [0.5, 0.6) is 28.7 Å². The number of esters is 1. The minimum absolute atomic E-state index is 0.0522. The van der Waals surface area contributed by atoms with Crippen LogP contribution >= 0.6 is 0 Å². The number of carbonyl (C=O) groups is 2. The van der Waals surface area contributed by atoms with Crippen LogP contribution in [0.2, 0.25) is 0 Å². The van der Waals surface area contributed by atoms with Gasteiger partial charge in [-0.3, -0.25) is 9.59 Å². The zero-order valence-corrected chi connectivity index (χ0v) is 18.9. The van der Waals surface area contributed by atoms with E-state index in [2.05, 4.69) is 6.58 Å². The molecule has 2 atom stereocenters. The third-order valence-electron chi connectivity index (χ3n) is 5.25. The topological polar surface area (TPSA) is 110 Å². The predicted octanol–water partition coefficient (Wildman–Crippen LogP) is 3.09. The second kappa shape index (κ2) is 10.3. The summed E-state index contributed by atoms with van der Waals surface area (Å²) in [6.07, 6.45) is -1.27. The summed E-state index contributed by atoms with van der Waals surface area (Å²) in [5.74, 6) is 0.0332. The van der Waals surface area contributed by atoms with Gasteiger partial charge in [-0.05, 0) is 35.9 Å². The van der Waals surface area contributed by atoms with Crippen LogP contribution in [0.4, 0.5) is 0 Å². The molecule has 9 nitrogen and oxygen atoms in total. The molecule has 1 heterocycles. The van der Waals surface area contributed by atoms with Crippen LogP contribution in [0.3, 0.4) is 0 Å². The normalized spacial score (nSPS) is 13.6. The second-order valence-corrected chi connectivity index (χ2v) is 7.23. The molecule has 1 aliphatic heterocycles. The number of carbonyl (C=O) groups excluding carboxylic acids is 2. The first-order valence-electron chi connectivity index (χ1n) is 10.0. The van der Waals surface area contributed by atoms with Crippen LogP contribution in [0.25, 0.3) is 0 Å². The molecule has 176 valence electrons. The van der Waals surface area contributed by atoms with E-state index in [9.17, 15) is 14.7 Å². The number of hydrogen-bond donors (Lipinski definition) is 1. The summed E-state index contributed by atoms with van der Waals surface area (Å²) in [5.41, 5.74) is 0.715. The Morgan fingerprint density at radius 3 is 2.24 bits per heavy atom. The molecule has 33 heavy (non-hydrogen) atoms. The Morgan fingerprint density at radius 2 is 1.67 bits per heavy atom. The van der Waals surface area contributed by atoms with E-state index in [-0.39, 0.29) is 19.0 Å². The fourth-order valence-electron chi connectivity index (χ4n) is 3.49. The highest BCUT2D eigenvalue weighted by Gasteiger charge is 2.31. The van der Waals surface area contributed by atoms with Crippen LogP contribution in [0.15, 0.2) is 42.5 Å². The molecule has 2 aromatic rings. The smallest absolute Gasteiger partial charge is 0.302 e. The number of Topliss-reactive ketones (excluding diaryl/α,β-unsaturated/α-hetero) is 1. The van der Waals surface area contributed by atoms with E-state index < -0.39 is 23.8 Å². The molecule has 0 amide bonds. The monoisotopic (exact) mass is 458 g/mol. The van der Waals surface area contributed by atoms with Crippen molar-refractivity contribution in [2.45, 2.75) is 13.0 Å². The lowest BCUT2D eigenvalue weighted by atomic mass is 9.86. The number of hydrogen-bond acceptors (Lipinski definition) is 9. The van der Waals surface area contributed by atoms with E-state index in [0.29, 0.717) is 39.9 Å². The summed E-state index contributed by atoms with van der Waals surface area (Å²) in [7, 11) is 4.36. The molecule has 9 heteroatoms. The van der Waals surface area contributed by atoms with Gasteiger partial charge < -0.3 is 33.5 Å². The first-order valence-corrected chi connectivity index (χ1v) is 10.0. The summed E-state index contributed by atoms with van der Waals surface area (Å²) in [6, 6.07) is 7.87. The predicted molar refractivity (Wildman–Crippen MR) is 117 cm³/mol. The third kappa shape index (κ3) is 5.04. The Balaban J connectivity index is 1.95. The lowest BCUT2D eigenvalue weighted by molar-refractivity contribution is -0.142. The van der Waals surface area contributed by atoms with Gasteiger partial charge in [-0.1, -0.05) is 6.58 Å². The molecule has 0 bridgehead atoms. The van der Waals surface area contributed by atoms with Gasteiger partial charge in [0.25, 0.3) is 0 Å². The van der Waals surface area contributed by atoms with Crippen molar-refractivity contribution >= 4 is 11.8 Å². The van der Waals surface area contributed by atoms with E-state index >= 15 is 0 Å². The average Bonchev–Trinajstić information content (AvgIpc) is 3.30. The van der Waals surface area contributed by atoms with Gasteiger partial charge in [0.05, 0.1) is 33.4 Å². The first kappa shape index (κ1) is 23.9. The van der Waals surface area contributed by atoms with Gasteiger partial charge >= 0.3 is 5.97 Å². The molecule has 1 aliphatic rings. The molecule has 0 fully saturated rings. The van der Waals surface area contributed by atoms with E-state index in [1.165, 1.54) is 28.3 Å². The minimum atomic E-state index is -1.27. The Kier molecular flexibility index (Phi) is 7.44. The maximum absolute atomic E-state index is 13.2. The molecule has 0 saturated carbocycles. The molecular weight excluding hydrogens is 432 g/mol. The molecule has 3 rings (SSSR count). The van der Waals surface area contributed by atoms with E-state index in [1.807, 2.05) is 0 Å². The van der Waals surface area contributed by atoms with Crippen molar-refractivity contribution in [3.63, 3.8) is 0 Å².